The van der Waals surface area contributed by atoms with E-state index in [0.717, 1.165) is 5.56 Å². The molecule has 0 heterocycles. The zero-order valence-corrected chi connectivity index (χ0v) is 14.8. The van der Waals surface area contributed by atoms with E-state index in [1.165, 1.54) is 36.4 Å². The van der Waals surface area contributed by atoms with Crippen molar-refractivity contribution >= 4 is 17.1 Å². The average Bonchev–Trinajstić information content (AvgIpc) is 2.69. The smallest absolute Gasteiger partial charge is 0.339 e. The standard InChI is InChI=1S/C23H18F2O2/c1-2-27-23(26)22(18-10-14-20(25)15-11-18)21(16-6-4-3-5-7-16)17-8-12-19(24)13-9-17/h3-15H,2H2,1H3/b22-21+. The Balaban J connectivity index is 2.32. The Morgan fingerprint density at radius 3 is 1.74 bits per heavy atom. The summed E-state index contributed by atoms with van der Waals surface area (Å²) in [6, 6.07) is 20.9. The second-order valence-electron chi connectivity index (χ2n) is 5.85. The number of esters is 1. The Labute approximate surface area is 156 Å². The summed E-state index contributed by atoms with van der Waals surface area (Å²) in [5.74, 6) is -1.29. The molecule has 0 aliphatic rings. The van der Waals surface area contributed by atoms with E-state index in [4.69, 9.17) is 4.74 Å². The Kier molecular flexibility index (Phi) is 5.77. The number of carbonyl (C=O) groups is 1. The van der Waals surface area contributed by atoms with Gasteiger partial charge in [0, 0.05) is 5.57 Å². The Hall–Kier alpha value is -3.27. The highest BCUT2D eigenvalue weighted by atomic mass is 19.1. The summed E-state index contributed by atoms with van der Waals surface area (Å²) < 4.78 is 32.1. The molecule has 0 fully saturated rings. The summed E-state index contributed by atoms with van der Waals surface area (Å²) in [7, 11) is 0. The van der Waals surface area contributed by atoms with Gasteiger partial charge in [-0.2, -0.15) is 0 Å². The Morgan fingerprint density at radius 1 is 0.741 bits per heavy atom. The lowest BCUT2D eigenvalue weighted by Gasteiger charge is -2.16. The maximum atomic E-state index is 13.5. The molecule has 0 saturated carbocycles. The third kappa shape index (κ3) is 4.29. The van der Waals surface area contributed by atoms with Gasteiger partial charge in [-0.3, -0.25) is 0 Å². The normalized spacial score (nSPS) is 11.7. The van der Waals surface area contributed by atoms with Crippen molar-refractivity contribution in [3.8, 4) is 0 Å². The minimum atomic E-state index is -0.521. The predicted octanol–water partition coefficient (Wildman–Crippen LogP) is 5.49. The maximum absolute atomic E-state index is 13.5. The lowest BCUT2D eigenvalue weighted by molar-refractivity contribution is -0.136. The van der Waals surface area contributed by atoms with Crippen molar-refractivity contribution in [2.45, 2.75) is 6.92 Å². The quantitative estimate of drug-likeness (QED) is 0.340. The van der Waals surface area contributed by atoms with Gasteiger partial charge in [0.2, 0.25) is 0 Å². The summed E-state index contributed by atoms with van der Waals surface area (Å²) in [6.07, 6.45) is 0. The van der Waals surface area contributed by atoms with Crippen LogP contribution < -0.4 is 0 Å². The number of ether oxygens (including phenoxy) is 1. The highest BCUT2D eigenvalue weighted by Crippen LogP contribution is 2.33. The van der Waals surface area contributed by atoms with Crippen LogP contribution in [0.2, 0.25) is 0 Å². The molecule has 3 aromatic carbocycles. The van der Waals surface area contributed by atoms with Crippen molar-refractivity contribution in [1.29, 1.82) is 0 Å². The molecule has 4 heteroatoms. The third-order valence-electron chi connectivity index (χ3n) is 4.06. The molecule has 0 aliphatic carbocycles. The number of rotatable bonds is 5. The van der Waals surface area contributed by atoms with E-state index in [2.05, 4.69) is 0 Å². The van der Waals surface area contributed by atoms with E-state index in [1.807, 2.05) is 30.3 Å². The first kappa shape index (κ1) is 18.5. The highest BCUT2D eigenvalue weighted by molar-refractivity contribution is 6.26. The van der Waals surface area contributed by atoms with Gasteiger partial charge in [-0.05, 0) is 47.9 Å². The second kappa shape index (κ2) is 8.41. The van der Waals surface area contributed by atoms with E-state index in [9.17, 15) is 13.6 Å². The molecular formula is C23H18F2O2. The molecular weight excluding hydrogens is 346 g/mol. The minimum Gasteiger partial charge on any atom is -0.462 e. The molecule has 0 radical (unpaired) electrons. The molecule has 27 heavy (non-hydrogen) atoms. The van der Waals surface area contributed by atoms with Gasteiger partial charge in [-0.1, -0.05) is 54.6 Å². The van der Waals surface area contributed by atoms with Crippen LogP contribution in [0.25, 0.3) is 11.1 Å². The second-order valence-corrected chi connectivity index (χ2v) is 5.85. The van der Waals surface area contributed by atoms with Crippen LogP contribution in [0, 0.1) is 11.6 Å². The Morgan fingerprint density at radius 2 is 1.22 bits per heavy atom. The molecule has 0 N–H and O–H groups in total. The van der Waals surface area contributed by atoms with Crippen molar-refractivity contribution in [1.82, 2.24) is 0 Å². The number of benzene rings is 3. The monoisotopic (exact) mass is 364 g/mol. The van der Waals surface area contributed by atoms with Crippen molar-refractivity contribution in [2.75, 3.05) is 6.61 Å². The lowest BCUT2D eigenvalue weighted by Crippen LogP contribution is -2.10. The number of carbonyl (C=O) groups excluding carboxylic acids is 1. The topological polar surface area (TPSA) is 26.3 Å². The first-order valence-electron chi connectivity index (χ1n) is 8.59. The van der Waals surface area contributed by atoms with Crippen LogP contribution in [0.15, 0.2) is 78.9 Å². The first-order valence-corrected chi connectivity index (χ1v) is 8.59. The van der Waals surface area contributed by atoms with Crippen LogP contribution >= 0.6 is 0 Å². The van der Waals surface area contributed by atoms with E-state index in [1.54, 1.807) is 19.1 Å². The molecule has 0 bridgehead atoms. The van der Waals surface area contributed by atoms with Crippen LogP contribution in [0.1, 0.15) is 23.6 Å². The predicted molar refractivity (Wildman–Crippen MR) is 102 cm³/mol. The summed E-state index contributed by atoms with van der Waals surface area (Å²) in [6.45, 7) is 1.93. The highest BCUT2D eigenvalue weighted by Gasteiger charge is 2.21. The van der Waals surface area contributed by atoms with Crippen molar-refractivity contribution in [3.63, 3.8) is 0 Å². The molecule has 0 aromatic heterocycles. The van der Waals surface area contributed by atoms with Crippen LogP contribution in [0.3, 0.4) is 0 Å². The van der Waals surface area contributed by atoms with Gasteiger partial charge >= 0.3 is 5.97 Å². The molecule has 3 rings (SSSR count). The fraction of sp³-hybridized carbons (Fsp3) is 0.0870. The Bertz CT molecular complexity index is 944. The molecule has 3 aromatic rings. The number of hydrogen-bond acceptors (Lipinski definition) is 2. The van der Waals surface area contributed by atoms with Gasteiger partial charge in [-0.25, -0.2) is 13.6 Å². The van der Waals surface area contributed by atoms with E-state index < -0.39 is 11.8 Å². The largest absolute Gasteiger partial charge is 0.462 e. The van der Waals surface area contributed by atoms with Gasteiger partial charge < -0.3 is 4.74 Å². The summed E-state index contributed by atoms with van der Waals surface area (Å²) in [4.78, 5) is 12.8. The van der Waals surface area contributed by atoms with E-state index in [-0.39, 0.29) is 12.4 Å². The van der Waals surface area contributed by atoms with E-state index in [0.29, 0.717) is 22.3 Å². The van der Waals surface area contributed by atoms with Crippen molar-refractivity contribution < 1.29 is 18.3 Å². The van der Waals surface area contributed by atoms with Crippen LogP contribution in [0.5, 0.6) is 0 Å². The zero-order chi connectivity index (χ0) is 19.2. The van der Waals surface area contributed by atoms with Gasteiger partial charge in [0.25, 0.3) is 0 Å². The molecule has 2 nitrogen and oxygen atoms in total. The average molecular weight is 364 g/mol. The lowest BCUT2D eigenvalue weighted by atomic mass is 9.89. The molecule has 0 aliphatic heterocycles. The fourth-order valence-corrected chi connectivity index (χ4v) is 2.86. The number of hydrogen-bond donors (Lipinski definition) is 0. The molecule has 0 saturated heterocycles. The molecule has 0 amide bonds. The summed E-state index contributed by atoms with van der Waals surface area (Å²) >= 11 is 0. The number of halogens is 2. The third-order valence-corrected chi connectivity index (χ3v) is 4.06. The summed E-state index contributed by atoms with van der Waals surface area (Å²) in [5.41, 5.74) is 2.86. The van der Waals surface area contributed by atoms with Crippen molar-refractivity contribution in [2.24, 2.45) is 0 Å². The molecule has 0 unspecified atom stereocenters. The molecule has 0 atom stereocenters. The zero-order valence-electron chi connectivity index (χ0n) is 14.8. The minimum absolute atomic E-state index is 0.203. The van der Waals surface area contributed by atoms with E-state index >= 15 is 0 Å². The van der Waals surface area contributed by atoms with Gasteiger partial charge in [-0.15, -0.1) is 0 Å². The van der Waals surface area contributed by atoms with Gasteiger partial charge in [0.15, 0.2) is 0 Å². The van der Waals surface area contributed by atoms with Crippen LogP contribution in [0.4, 0.5) is 8.78 Å². The van der Waals surface area contributed by atoms with Crippen LogP contribution in [-0.2, 0) is 9.53 Å². The van der Waals surface area contributed by atoms with Gasteiger partial charge in [0.05, 0.1) is 12.2 Å². The SMILES string of the molecule is CCOC(=O)/C(=C(\c1ccccc1)c1ccc(F)cc1)c1ccc(F)cc1. The van der Waals surface area contributed by atoms with Gasteiger partial charge in [0.1, 0.15) is 11.6 Å². The maximum Gasteiger partial charge on any atom is 0.339 e. The fourth-order valence-electron chi connectivity index (χ4n) is 2.86. The summed E-state index contributed by atoms with van der Waals surface area (Å²) in [5, 5.41) is 0. The van der Waals surface area contributed by atoms with Crippen LogP contribution in [-0.4, -0.2) is 12.6 Å². The van der Waals surface area contributed by atoms with Crippen molar-refractivity contribution in [3.05, 3.63) is 107 Å². The molecule has 136 valence electrons. The first-order chi connectivity index (χ1) is 13.1. The molecule has 0 spiro atoms.